The third kappa shape index (κ3) is 4.61. The van der Waals surface area contributed by atoms with Gasteiger partial charge in [0.25, 0.3) is 0 Å². The van der Waals surface area contributed by atoms with Gasteiger partial charge < -0.3 is 9.64 Å². The van der Waals surface area contributed by atoms with Crippen molar-refractivity contribution in [2.75, 3.05) is 18.1 Å². The van der Waals surface area contributed by atoms with Gasteiger partial charge in [-0.1, -0.05) is 46.4 Å². The number of carbonyl (C=O) groups is 3. The molecule has 1 unspecified atom stereocenters. The lowest BCUT2D eigenvalue weighted by atomic mass is 10.1. The van der Waals surface area contributed by atoms with Crippen molar-refractivity contribution in [2.45, 2.75) is 6.42 Å². The Labute approximate surface area is 181 Å². The van der Waals surface area contributed by atoms with Crippen LogP contribution in [0.25, 0.3) is 0 Å². The number of rotatable bonds is 5. The molecule has 2 aromatic rings. The topological polar surface area (TPSA) is 63.7 Å². The molecule has 2 aromatic carbocycles. The van der Waals surface area contributed by atoms with Crippen molar-refractivity contribution in [1.29, 1.82) is 0 Å². The van der Waals surface area contributed by atoms with E-state index in [1.807, 2.05) is 0 Å². The quantitative estimate of drug-likeness (QED) is 0.461. The minimum Gasteiger partial charge on any atom is -0.457 e. The van der Waals surface area contributed by atoms with E-state index >= 15 is 0 Å². The summed E-state index contributed by atoms with van der Waals surface area (Å²) in [6, 6.07) is 9.20. The highest BCUT2D eigenvalue weighted by atomic mass is 35.5. The number of anilines is 1. The molecule has 0 bridgehead atoms. The molecule has 5 nitrogen and oxygen atoms in total. The lowest BCUT2D eigenvalue weighted by molar-refractivity contribution is -0.147. The summed E-state index contributed by atoms with van der Waals surface area (Å²) in [4.78, 5) is 38.2. The number of Topliss-reactive ketones (excluding diaryl/α,β-unsaturated/α-hetero) is 1. The summed E-state index contributed by atoms with van der Waals surface area (Å²) < 4.78 is 5.10. The van der Waals surface area contributed by atoms with Gasteiger partial charge in [0.05, 0.1) is 21.0 Å². The Bertz CT molecular complexity index is 963. The average Bonchev–Trinajstić information content (AvgIpc) is 3.03. The van der Waals surface area contributed by atoms with Gasteiger partial charge in [0.15, 0.2) is 6.61 Å². The first kappa shape index (κ1) is 20.9. The Kier molecular flexibility index (Phi) is 6.50. The third-order valence-electron chi connectivity index (χ3n) is 4.25. The van der Waals surface area contributed by atoms with Crippen molar-refractivity contribution in [3.05, 3.63) is 62.1 Å². The predicted octanol–water partition coefficient (Wildman–Crippen LogP) is 5.08. The van der Waals surface area contributed by atoms with Gasteiger partial charge >= 0.3 is 5.97 Å². The van der Waals surface area contributed by atoms with E-state index in [-0.39, 0.29) is 29.5 Å². The second-order valence-electron chi connectivity index (χ2n) is 6.16. The molecule has 1 heterocycles. The normalized spacial score (nSPS) is 16.4. The standard InChI is InChI=1S/C19H13Cl4NO4/c20-11-1-3-13(15(22)6-11)17(25)9-28-19(27)10-5-18(26)24(8-10)12-2-4-14(21)16(23)7-12/h1-4,6-7,10H,5,8-9H2. The van der Waals surface area contributed by atoms with E-state index in [1.165, 1.54) is 23.1 Å². The maximum atomic E-state index is 12.3. The Morgan fingerprint density at radius 1 is 1.00 bits per heavy atom. The summed E-state index contributed by atoms with van der Waals surface area (Å²) in [6.07, 6.45) is -0.0189. The molecule has 0 spiro atoms. The first-order chi connectivity index (χ1) is 13.3. The average molecular weight is 461 g/mol. The highest BCUT2D eigenvalue weighted by Crippen LogP contribution is 2.31. The number of carbonyl (C=O) groups excluding carboxylic acids is 3. The number of esters is 1. The van der Waals surface area contributed by atoms with Crippen molar-refractivity contribution >= 4 is 69.8 Å². The summed E-state index contributed by atoms with van der Waals surface area (Å²) in [5, 5.41) is 1.25. The fourth-order valence-electron chi connectivity index (χ4n) is 2.82. The predicted molar refractivity (Wildman–Crippen MR) is 109 cm³/mol. The fraction of sp³-hybridized carbons (Fsp3) is 0.211. The second kappa shape index (κ2) is 8.70. The van der Waals surface area contributed by atoms with Crippen LogP contribution in [0.15, 0.2) is 36.4 Å². The second-order valence-corrected chi connectivity index (χ2v) is 7.82. The van der Waals surface area contributed by atoms with Gasteiger partial charge in [-0.25, -0.2) is 0 Å². The molecule has 0 radical (unpaired) electrons. The third-order valence-corrected chi connectivity index (χ3v) is 5.54. The Hall–Kier alpha value is -1.79. The molecule has 1 amide bonds. The lowest BCUT2D eigenvalue weighted by Crippen LogP contribution is -2.27. The molecular weight excluding hydrogens is 448 g/mol. The number of nitrogens with zero attached hydrogens (tertiary/aromatic N) is 1. The number of amides is 1. The van der Waals surface area contributed by atoms with Crippen LogP contribution in [0.3, 0.4) is 0 Å². The molecule has 0 N–H and O–H groups in total. The van der Waals surface area contributed by atoms with Gasteiger partial charge in [0.2, 0.25) is 11.7 Å². The molecule has 0 aliphatic carbocycles. The highest BCUT2D eigenvalue weighted by Gasteiger charge is 2.36. The van der Waals surface area contributed by atoms with Gasteiger partial charge in [0.1, 0.15) is 0 Å². The minimum absolute atomic E-state index is 0.0189. The number of ketones is 1. The number of halogens is 4. The van der Waals surface area contributed by atoms with E-state index in [1.54, 1.807) is 18.2 Å². The largest absolute Gasteiger partial charge is 0.457 e. The molecule has 0 saturated carbocycles. The molecule has 1 fully saturated rings. The van der Waals surface area contributed by atoms with Crippen molar-refractivity contribution in [3.8, 4) is 0 Å². The summed E-state index contributed by atoms with van der Waals surface area (Å²) in [6.45, 7) is -0.344. The summed E-state index contributed by atoms with van der Waals surface area (Å²) in [5.74, 6) is -2.02. The van der Waals surface area contributed by atoms with Crippen molar-refractivity contribution < 1.29 is 19.1 Å². The first-order valence-electron chi connectivity index (χ1n) is 8.16. The molecule has 28 heavy (non-hydrogen) atoms. The molecular formula is C19H13Cl4NO4. The van der Waals surface area contributed by atoms with Crippen LogP contribution in [-0.4, -0.2) is 30.8 Å². The van der Waals surface area contributed by atoms with Crippen LogP contribution in [0.2, 0.25) is 20.1 Å². The Balaban J connectivity index is 1.61. The molecule has 146 valence electrons. The number of ether oxygens (including phenoxy) is 1. The maximum absolute atomic E-state index is 12.3. The number of hydrogen-bond acceptors (Lipinski definition) is 4. The van der Waals surface area contributed by atoms with E-state index in [0.29, 0.717) is 20.8 Å². The van der Waals surface area contributed by atoms with Gasteiger partial charge in [-0.3, -0.25) is 14.4 Å². The lowest BCUT2D eigenvalue weighted by Gasteiger charge is -2.17. The van der Waals surface area contributed by atoms with E-state index in [9.17, 15) is 14.4 Å². The summed E-state index contributed by atoms with van der Waals surface area (Å²) in [5.41, 5.74) is 0.748. The Morgan fingerprint density at radius 2 is 1.75 bits per heavy atom. The van der Waals surface area contributed by atoms with E-state index < -0.39 is 24.3 Å². The monoisotopic (exact) mass is 459 g/mol. The van der Waals surface area contributed by atoms with Crippen molar-refractivity contribution in [1.82, 2.24) is 0 Å². The van der Waals surface area contributed by atoms with Crippen LogP contribution in [0, 0.1) is 5.92 Å². The molecule has 1 atom stereocenters. The fourth-order valence-corrected chi connectivity index (χ4v) is 3.62. The van der Waals surface area contributed by atoms with Gasteiger partial charge in [-0.05, 0) is 36.4 Å². The van der Waals surface area contributed by atoms with E-state index in [0.717, 1.165) is 0 Å². The summed E-state index contributed by atoms with van der Waals surface area (Å²) >= 11 is 23.6. The summed E-state index contributed by atoms with van der Waals surface area (Å²) in [7, 11) is 0. The van der Waals surface area contributed by atoms with Crippen LogP contribution < -0.4 is 4.90 Å². The molecule has 1 aliphatic heterocycles. The smallest absolute Gasteiger partial charge is 0.311 e. The maximum Gasteiger partial charge on any atom is 0.311 e. The van der Waals surface area contributed by atoms with Gasteiger partial charge in [-0.15, -0.1) is 0 Å². The van der Waals surface area contributed by atoms with Crippen LogP contribution in [0.1, 0.15) is 16.8 Å². The minimum atomic E-state index is -0.685. The molecule has 1 aliphatic rings. The highest BCUT2D eigenvalue weighted by molar-refractivity contribution is 6.42. The van der Waals surface area contributed by atoms with Crippen LogP contribution in [0.4, 0.5) is 5.69 Å². The first-order valence-corrected chi connectivity index (χ1v) is 9.67. The molecule has 0 aromatic heterocycles. The molecule has 9 heteroatoms. The van der Waals surface area contributed by atoms with Crippen LogP contribution >= 0.6 is 46.4 Å². The molecule has 1 saturated heterocycles. The van der Waals surface area contributed by atoms with Crippen LogP contribution in [-0.2, 0) is 14.3 Å². The van der Waals surface area contributed by atoms with E-state index in [4.69, 9.17) is 51.1 Å². The number of benzene rings is 2. The molecule has 3 rings (SSSR count). The number of hydrogen-bond donors (Lipinski definition) is 0. The Morgan fingerprint density at radius 3 is 2.43 bits per heavy atom. The SMILES string of the molecule is O=C(COC(=O)C1CC(=O)N(c2ccc(Cl)c(Cl)c2)C1)c1ccc(Cl)cc1Cl. The van der Waals surface area contributed by atoms with Gasteiger partial charge in [-0.2, -0.15) is 0 Å². The zero-order chi connectivity index (χ0) is 20.4. The zero-order valence-electron chi connectivity index (χ0n) is 14.3. The van der Waals surface area contributed by atoms with Gasteiger partial charge in [0, 0.05) is 29.2 Å². The van der Waals surface area contributed by atoms with E-state index in [2.05, 4.69) is 0 Å². The zero-order valence-corrected chi connectivity index (χ0v) is 17.3. The van der Waals surface area contributed by atoms with Crippen LogP contribution in [0.5, 0.6) is 0 Å². The van der Waals surface area contributed by atoms with Crippen molar-refractivity contribution in [3.63, 3.8) is 0 Å². The van der Waals surface area contributed by atoms with Crippen molar-refractivity contribution in [2.24, 2.45) is 5.92 Å².